The fraction of sp³-hybridized carbons (Fsp3) is 0.238. The zero-order chi connectivity index (χ0) is 23.2. The monoisotopic (exact) mass is 580 g/mol. The van der Waals surface area contributed by atoms with Crippen LogP contribution in [0.1, 0.15) is 30.4 Å². The molecule has 0 aromatic heterocycles. The Bertz CT molecular complexity index is 1050. The Labute approximate surface area is 205 Å². The molecule has 0 saturated carbocycles. The standard InChI is InChI=1S/C21H18Br2N4O6/c22-14-6-18-16(30-10-32-18)4-12(14)8-24-26-20(28)2-1-3-21(29)27-25-9-13-5-17-19(7-15(13)23)33-11-31-17/h4-9H,1-3,10-11H2,(H,26,28)(H,27,29)/b24-8-,25-9-. The van der Waals surface area contributed by atoms with Gasteiger partial charge in [0, 0.05) is 32.9 Å². The van der Waals surface area contributed by atoms with E-state index in [0.29, 0.717) is 29.4 Å². The number of rotatable bonds is 8. The molecule has 33 heavy (non-hydrogen) atoms. The van der Waals surface area contributed by atoms with Crippen LogP contribution in [0.2, 0.25) is 0 Å². The van der Waals surface area contributed by atoms with Crippen molar-refractivity contribution in [2.24, 2.45) is 10.2 Å². The van der Waals surface area contributed by atoms with Crippen molar-refractivity contribution < 1.29 is 28.5 Å². The van der Waals surface area contributed by atoms with Gasteiger partial charge >= 0.3 is 0 Å². The minimum atomic E-state index is -0.302. The van der Waals surface area contributed by atoms with Crippen molar-refractivity contribution in [3.8, 4) is 23.0 Å². The number of halogens is 2. The third kappa shape index (κ3) is 6.02. The maximum Gasteiger partial charge on any atom is 0.240 e. The lowest BCUT2D eigenvalue weighted by Crippen LogP contribution is -2.20. The predicted octanol–water partition coefficient (Wildman–Crippen LogP) is 3.44. The molecule has 0 saturated heterocycles. The summed E-state index contributed by atoms with van der Waals surface area (Å²) in [6.45, 7) is 0.349. The second-order valence-corrected chi connectivity index (χ2v) is 8.60. The van der Waals surface area contributed by atoms with Crippen LogP contribution in [0.15, 0.2) is 43.4 Å². The van der Waals surface area contributed by atoms with Gasteiger partial charge in [0.1, 0.15) is 0 Å². The number of carbonyl (C=O) groups excluding carboxylic acids is 2. The van der Waals surface area contributed by atoms with E-state index in [9.17, 15) is 9.59 Å². The van der Waals surface area contributed by atoms with Gasteiger partial charge in [-0.1, -0.05) is 0 Å². The van der Waals surface area contributed by atoms with Gasteiger partial charge in [-0.05, 0) is 62.5 Å². The highest BCUT2D eigenvalue weighted by molar-refractivity contribution is 9.10. The molecule has 0 fully saturated rings. The van der Waals surface area contributed by atoms with E-state index < -0.39 is 0 Å². The minimum absolute atomic E-state index is 0.143. The third-order valence-electron chi connectivity index (χ3n) is 4.58. The maximum atomic E-state index is 11.9. The molecule has 2 aliphatic rings. The van der Waals surface area contributed by atoms with E-state index in [-0.39, 0.29) is 38.2 Å². The van der Waals surface area contributed by atoms with Gasteiger partial charge in [0.15, 0.2) is 23.0 Å². The van der Waals surface area contributed by atoms with Crippen molar-refractivity contribution in [3.05, 3.63) is 44.3 Å². The lowest BCUT2D eigenvalue weighted by molar-refractivity contribution is -0.122. The quantitative estimate of drug-likeness (QED) is 0.364. The Balaban J connectivity index is 1.17. The number of hydrazone groups is 2. The largest absolute Gasteiger partial charge is 0.454 e. The van der Waals surface area contributed by atoms with Crippen LogP contribution in [0.25, 0.3) is 0 Å². The lowest BCUT2D eigenvalue weighted by atomic mass is 10.2. The molecule has 2 aromatic rings. The molecule has 0 unspecified atom stereocenters. The minimum Gasteiger partial charge on any atom is -0.454 e. The highest BCUT2D eigenvalue weighted by Crippen LogP contribution is 2.37. The van der Waals surface area contributed by atoms with E-state index in [0.717, 1.165) is 20.1 Å². The fourth-order valence-corrected chi connectivity index (χ4v) is 3.78. The first-order valence-electron chi connectivity index (χ1n) is 9.81. The van der Waals surface area contributed by atoms with Crippen LogP contribution < -0.4 is 29.8 Å². The van der Waals surface area contributed by atoms with Crippen molar-refractivity contribution >= 4 is 56.1 Å². The van der Waals surface area contributed by atoms with E-state index in [2.05, 4.69) is 52.9 Å². The van der Waals surface area contributed by atoms with Crippen LogP contribution in [0.5, 0.6) is 23.0 Å². The summed E-state index contributed by atoms with van der Waals surface area (Å²) >= 11 is 6.84. The summed E-state index contributed by atoms with van der Waals surface area (Å²) in [6.07, 6.45) is 3.64. The molecule has 2 aromatic carbocycles. The SMILES string of the molecule is O=C(CCCC(=O)N/N=C\c1cc2c(cc1Br)OCO2)N/N=C\c1cc2c(cc1Br)OCO2. The van der Waals surface area contributed by atoms with E-state index in [1.54, 1.807) is 24.3 Å². The Kier molecular flexibility index (Phi) is 7.45. The van der Waals surface area contributed by atoms with Crippen LogP contribution in [0.4, 0.5) is 0 Å². The second-order valence-electron chi connectivity index (χ2n) is 6.89. The Hall–Kier alpha value is -3.12. The normalized spacial score (nSPS) is 13.6. The lowest BCUT2D eigenvalue weighted by Gasteiger charge is -2.03. The smallest absolute Gasteiger partial charge is 0.240 e. The molecule has 12 heteroatoms. The number of hydrogen-bond acceptors (Lipinski definition) is 8. The number of fused-ring (bicyclic) bond motifs is 2. The van der Waals surface area contributed by atoms with Crippen molar-refractivity contribution in [2.45, 2.75) is 19.3 Å². The van der Waals surface area contributed by atoms with E-state index in [4.69, 9.17) is 18.9 Å². The van der Waals surface area contributed by atoms with Gasteiger partial charge in [-0.2, -0.15) is 10.2 Å². The van der Waals surface area contributed by atoms with Crippen LogP contribution >= 0.6 is 31.9 Å². The zero-order valence-corrected chi connectivity index (χ0v) is 20.3. The van der Waals surface area contributed by atoms with Gasteiger partial charge in [0.05, 0.1) is 12.4 Å². The molecule has 2 aliphatic heterocycles. The molecular weight excluding hydrogens is 564 g/mol. The van der Waals surface area contributed by atoms with Crippen molar-refractivity contribution in [2.75, 3.05) is 13.6 Å². The first-order valence-corrected chi connectivity index (χ1v) is 11.4. The molecule has 2 N–H and O–H groups in total. The highest BCUT2D eigenvalue weighted by atomic mass is 79.9. The summed E-state index contributed by atoms with van der Waals surface area (Å²) in [5.41, 5.74) is 6.34. The Morgan fingerprint density at radius 3 is 1.58 bits per heavy atom. The molecule has 0 radical (unpaired) electrons. The van der Waals surface area contributed by atoms with Crippen LogP contribution in [0.3, 0.4) is 0 Å². The molecule has 4 rings (SSSR count). The third-order valence-corrected chi connectivity index (χ3v) is 5.95. The molecule has 0 aliphatic carbocycles. The Morgan fingerprint density at radius 1 is 0.758 bits per heavy atom. The maximum absolute atomic E-state index is 11.9. The summed E-state index contributed by atoms with van der Waals surface area (Å²) in [5, 5.41) is 7.89. The molecule has 2 heterocycles. The van der Waals surface area contributed by atoms with Crippen LogP contribution in [-0.2, 0) is 9.59 Å². The number of nitrogens with zero attached hydrogens (tertiary/aromatic N) is 2. The molecule has 2 amide bonds. The summed E-state index contributed by atoms with van der Waals surface area (Å²) < 4.78 is 22.7. The van der Waals surface area contributed by atoms with Gasteiger partial charge in [-0.3, -0.25) is 9.59 Å². The zero-order valence-electron chi connectivity index (χ0n) is 17.1. The summed E-state index contributed by atoms with van der Waals surface area (Å²) in [6, 6.07) is 7.07. The van der Waals surface area contributed by atoms with Gasteiger partial charge in [-0.25, -0.2) is 10.9 Å². The number of nitrogens with one attached hydrogen (secondary N) is 2. The van der Waals surface area contributed by atoms with Crippen LogP contribution in [-0.4, -0.2) is 37.8 Å². The number of amides is 2. The molecule has 0 bridgehead atoms. The Morgan fingerprint density at radius 2 is 1.15 bits per heavy atom. The molecule has 0 atom stereocenters. The van der Waals surface area contributed by atoms with Gasteiger partial charge in [0.25, 0.3) is 0 Å². The molecule has 0 spiro atoms. The first kappa shape index (κ1) is 23.1. The van der Waals surface area contributed by atoms with E-state index in [1.807, 2.05) is 0 Å². The van der Waals surface area contributed by atoms with E-state index >= 15 is 0 Å². The number of hydrogen-bond donors (Lipinski definition) is 2. The highest BCUT2D eigenvalue weighted by Gasteiger charge is 2.16. The average molecular weight is 582 g/mol. The number of benzene rings is 2. The molecule has 10 nitrogen and oxygen atoms in total. The van der Waals surface area contributed by atoms with Gasteiger partial charge in [0.2, 0.25) is 25.4 Å². The fourth-order valence-electron chi connectivity index (χ4n) is 2.93. The van der Waals surface area contributed by atoms with Gasteiger partial charge < -0.3 is 18.9 Å². The molecule has 172 valence electrons. The predicted molar refractivity (Wildman–Crippen MR) is 126 cm³/mol. The van der Waals surface area contributed by atoms with Crippen molar-refractivity contribution in [1.82, 2.24) is 10.9 Å². The van der Waals surface area contributed by atoms with Crippen LogP contribution in [0, 0.1) is 0 Å². The molecular formula is C21H18Br2N4O6. The number of carbonyl (C=O) groups is 2. The van der Waals surface area contributed by atoms with Crippen molar-refractivity contribution in [3.63, 3.8) is 0 Å². The second kappa shape index (κ2) is 10.7. The number of ether oxygens (including phenoxy) is 4. The van der Waals surface area contributed by atoms with Crippen molar-refractivity contribution in [1.29, 1.82) is 0 Å². The first-order chi connectivity index (χ1) is 16.0. The summed E-state index contributed by atoms with van der Waals surface area (Å²) in [7, 11) is 0. The van der Waals surface area contributed by atoms with Gasteiger partial charge in [-0.15, -0.1) is 0 Å². The topological polar surface area (TPSA) is 120 Å². The van der Waals surface area contributed by atoms with E-state index in [1.165, 1.54) is 12.4 Å². The summed E-state index contributed by atoms with van der Waals surface area (Å²) in [4.78, 5) is 23.9. The average Bonchev–Trinajstić information content (AvgIpc) is 3.42. The summed E-state index contributed by atoms with van der Waals surface area (Å²) in [5.74, 6) is 1.92.